The molecule has 1 N–H and O–H groups in total. The second-order valence-electron chi connectivity index (χ2n) is 5.28. The summed E-state index contributed by atoms with van der Waals surface area (Å²) in [6.45, 7) is 4.32. The molecule has 0 radical (unpaired) electrons. The number of carbonyl (C=O) groups is 2. The molecule has 120 valence electrons. The van der Waals surface area contributed by atoms with Crippen molar-refractivity contribution in [2.45, 2.75) is 13.3 Å². The number of carboxylic acids is 1. The topological polar surface area (TPSA) is 76.1 Å². The molecule has 2 rings (SSSR count). The Balaban J connectivity index is 1.95. The molecule has 1 atom stereocenters. The molecular formula is C16H21NO5. The van der Waals surface area contributed by atoms with Crippen LogP contribution in [0, 0.1) is 5.92 Å². The van der Waals surface area contributed by atoms with Crippen LogP contribution in [0.5, 0.6) is 5.75 Å². The highest BCUT2D eigenvalue weighted by Gasteiger charge is 2.27. The molecular weight excluding hydrogens is 286 g/mol. The minimum Gasteiger partial charge on any atom is -0.482 e. The van der Waals surface area contributed by atoms with E-state index in [1.165, 1.54) is 0 Å². The summed E-state index contributed by atoms with van der Waals surface area (Å²) in [5.74, 6) is -0.330. The van der Waals surface area contributed by atoms with Crippen LogP contribution in [-0.2, 0) is 9.53 Å². The third-order valence-corrected chi connectivity index (χ3v) is 3.57. The lowest BCUT2D eigenvalue weighted by atomic mass is 10.1. The Kier molecular flexibility index (Phi) is 5.77. The van der Waals surface area contributed by atoms with Crippen molar-refractivity contribution < 1.29 is 24.2 Å². The number of carbonyl (C=O) groups excluding carboxylic acids is 1. The third-order valence-electron chi connectivity index (χ3n) is 3.57. The van der Waals surface area contributed by atoms with Crippen molar-refractivity contribution in [3.05, 3.63) is 29.8 Å². The van der Waals surface area contributed by atoms with Crippen LogP contribution in [0.1, 0.15) is 23.7 Å². The number of amides is 1. The summed E-state index contributed by atoms with van der Waals surface area (Å²) in [5.41, 5.74) is 0.514. The molecule has 6 nitrogen and oxygen atoms in total. The van der Waals surface area contributed by atoms with E-state index < -0.39 is 12.6 Å². The Morgan fingerprint density at radius 2 is 2.23 bits per heavy atom. The Labute approximate surface area is 129 Å². The number of ether oxygens (including phenoxy) is 2. The minimum atomic E-state index is -1.05. The zero-order valence-electron chi connectivity index (χ0n) is 12.7. The van der Waals surface area contributed by atoms with E-state index >= 15 is 0 Å². The van der Waals surface area contributed by atoms with Crippen LogP contribution in [-0.4, -0.2) is 54.8 Å². The average molecular weight is 307 g/mol. The molecule has 0 bridgehead atoms. The summed E-state index contributed by atoms with van der Waals surface area (Å²) in [6, 6.07) is 6.63. The van der Waals surface area contributed by atoms with Gasteiger partial charge in [-0.05, 0) is 31.5 Å². The zero-order valence-corrected chi connectivity index (χ0v) is 12.7. The maximum atomic E-state index is 12.5. The van der Waals surface area contributed by atoms with Gasteiger partial charge in [0, 0.05) is 31.2 Å². The van der Waals surface area contributed by atoms with E-state index in [1.807, 2.05) is 6.92 Å². The second kappa shape index (κ2) is 7.79. The molecule has 1 aliphatic heterocycles. The van der Waals surface area contributed by atoms with Gasteiger partial charge in [-0.2, -0.15) is 0 Å². The molecule has 6 heteroatoms. The van der Waals surface area contributed by atoms with Crippen molar-refractivity contribution in [1.82, 2.24) is 4.90 Å². The highest BCUT2D eigenvalue weighted by Crippen LogP contribution is 2.21. The first-order valence-corrected chi connectivity index (χ1v) is 7.41. The van der Waals surface area contributed by atoms with E-state index in [1.54, 1.807) is 29.2 Å². The molecule has 1 saturated heterocycles. The van der Waals surface area contributed by atoms with E-state index in [0.29, 0.717) is 37.0 Å². The van der Waals surface area contributed by atoms with Crippen molar-refractivity contribution in [1.29, 1.82) is 0 Å². The molecule has 1 fully saturated rings. The Morgan fingerprint density at radius 3 is 2.95 bits per heavy atom. The number of likely N-dealkylation sites (tertiary alicyclic amines) is 1. The van der Waals surface area contributed by atoms with Crippen LogP contribution in [0.15, 0.2) is 24.3 Å². The van der Waals surface area contributed by atoms with E-state index in [4.69, 9.17) is 14.6 Å². The summed E-state index contributed by atoms with van der Waals surface area (Å²) in [5, 5.41) is 8.61. The molecule has 0 saturated carbocycles. The normalized spacial score (nSPS) is 17.5. The maximum absolute atomic E-state index is 12.5. The lowest BCUT2D eigenvalue weighted by Crippen LogP contribution is -2.29. The number of aliphatic carboxylic acids is 1. The van der Waals surface area contributed by atoms with Gasteiger partial charge < -0.3 is 19.5 Å². The molecule has 22 heavy (non-hydrogen) atoms. The smallest absolute Gasteiger partial charge is 0.341 e. The molecule has 1 aromatic carbocycles. The van der Waals surface area contributed by atoms with Crippen LogP contribution in [0.3, 0.4) is 0 Å². The van der Waals surface area contributed by atoms with Gasteiger partial charge in [-0.15, -0.1) is 0 Å². The van der Waals surface area contributed by atoms with E-state index in [9.17, 15) is 9.59 Å². The number of hydrogen-bond acceptors (Lipinski definition) is 4. The van der Waals surface area contributed by atoms with Crippen molar-refractivity contribution in [2.24, 2.45) is 5.92 Å². The first kappa shape index (κ1) is 16.3. The minimum absolute atomic E-state index is 0.0558. The predicted octanol–water partition coefficient (Wildman–Crippen LogP) is 1.65. The Morgan fingerprint density at radius 1 is 1.41 bits per heavy atom. The summed E-state index contributed by atoms with van der Waals surface area (Å²) in [6.07, 6.45) is 0.945. The van der Waals surface area contributed by atoms with Crippen LogP contribution in [0.4, 0.5) is 0 Å². The first-order valence-electron chi connectivity index (χ1n) is 7.41. The van der Waals surface area contributed by atoms with Gasteiger partial charge in [0.05, 0.1) is 6.61 Å². The highest BCUT2D eigenvalue weighted by molar-refractivity contribution is 5.94. The molecule has 0 aromatic heterocycles. The second-order valence-corrected chi connectivity index (χ2v) is 5.28. The number of rotatable bonds is 7. The van der Waals surface area contributed by atoms with Gasteiger partial charge in [0.25, 0.3) is 5.91 Å². The van der Waals surface area contributed by atoms with Crippen LogP contribution >= 0.6 is 0 Å². The van der Waals surface area contributed by atoms with Gasteiger partial charge >= 0.3 is 5.97 Å². The first-order chi connectivity index (χ1) is 10.6. The number of nitrogens with zero attached hydrogens (tertiary/aromatic N) is 1. The molecule has 1 heterocycles. The molecule has 1 unspecified atom stereocenters. The molecule has 1 amide bonds. The number of carboxylic acid groups (broad SMARTS) is 1. The average Bonchev–Trinajstić information content (AvgIpc) is 2.99. The van der Waals surface area contributed by atoms with Crippen LogP contribution < -0.4 is 4.74 Å². The summed E-state index contributed by atoms with van der Waals surface area (Å²) >= 11 is 0. The summed E-state index contributed by atoms with van der Waals surface area (Å²) in [7, 11) is 0. The fourth-order valence-electron chi connectivity index (χ4n) is 2.48. The van der Waals surface area contributed by atoms with Crippen LogP contribution in [0.2, 0.25) is 0 Å². The van der Waals surface area contributed by atoms with Gasteiger partial charge in [0.15, 0.2) is 6.61 Å². The van der Waals surface area contributed by atoms with Crippen molar-refractivity contribution in [3.63, 3.8) is 0 Å². The van der Waals surface area contributed by atoms with Crippen molar-refractivity contribution in [3.8, 4) is 5.75 Å². The highest BCUT2D eigenvalue weighted by atomic mass is 16.5. The van der Waals surface area contributed by atoms with Crippen molar-refractivity contribution >= 4 is 11.9 Å². The monoisotopic (exact) mass is 307 g/mol. The van der Waals surface area contributed by atoms with Gasteiger partial charge in [-0.3, -0.25) is 4.79 Å². The summed E-state index contributed by atoms with van der Waals surface area (Å²) < 4.78 is 10.5. The van der Waals surface area contributed by atoms with Gasteiger partial charge in [-0.25, -0.2) is 4.79 Å². The predicted molar refractivity (Wildman–Crippen MR) is 80.1 cm³/mol. The Bertz CT molecular complexity index is 531. The largest absolute Gasteiger partial charge is 0.482 e. The molecule has 1 aliphatic rings. The van der Waals surface area contributed by atoms with Crippen molar-refractivity contribution in [2.75, 3.05) is 32.9 Å². The van der Waals surface area contributed by atoms with Gasteiger partial charge in [-0.1, -0.05) is 6.07 Å². The van der Waals surface area contributed by atoms with Gasteiger partial charge in [0.1, 0.15) is 5.75 Å². The lowest BCUT2D eigenvalue weighted by Gasteiger charge is -2.17. The standard InChI is InChI=1S/C16H21NO5/c1-2-21-10-12-6-7-17(9-12)16(20)13-4-3-5-14(8-13)22-11-15(18)19/h3-5,8,12H,2,6-7,9-11H2,1H3,(H,18,19). The Hall–Kier alpha value is -2.08. The third kappa shape index (κ3) is 4.46. The van der Waals surface area contributed by atoms with E-state index in [-0.39, 0.29) is 5.91 Å². The molecule has 1 aromatic rings. The van der Waals surface area contributed by atoms with Gasteiger partial charge in [0.2, 0.25) is 0 Å². The number of hydrogen-bond donors (Lipinski definition) is 1. The maximum Gasteiger partial charge on any atom is 0.341 e. The van der Waals surface area contributed by atoms with E-state index in [0.717, 1.165) is 13.0 Å². The summed E-state index contributed by atoms with van der Waals surface area (Å²) in [4.78, 5) is 24.8. The SMILES string of the molecule is CCOCC1CCN(C(=O)c2cccc(OCC(=O)O)c2)C1. The molecule has 0 aliphatic carbocycles. The van der Waals surface area contributed by atoms with Crippen LogP contribution in [0.25, 0.3) is 0 Å². The zero-order chi connectivity index (χ0) is 15.9. The fourth-order valence-corrected chi connectivity index (χ4v) is 2.48. The quantitative estimate of drug-likeness (QED) is 0.829. The fraction of sp³-hybridized carbons (Fsp3) is 0.500. The van der Waals surface area contributed by atoms with E-state index in [2.05, 4.69) is 0 Å². The number of benzene rings is 1. The lowest BCUT2D eigenvalue weighted by molar-refractivity contribution is -0.139. The molecule has 0 spiro atoms.